The number of hydrogen-bond acceptors (Lipinski definition) is 3. The Morgan fingerprint density at radius 2 is 2.07 bits per heavy atom. The van der Waals surface area contributed by atoms with Gasteiger partial charge < -0.3 is 20.2 Å². The number of carbonyl (C=O) groups excluding carboxylic acids is 2. The van der Waals surface area contributed by atoms with Crippen LogP contribution in [0.25, 0.3) is 0 Å². The van der Waals surface area contributed by atoms with E-state index in [9.17, 15) is 19.1 Å². The molecule has 148 valence electrons. The normalized spacial score (nSPS) is 22.4. The lowest BCUT2D eigenvalue weighted by atomic mass is 10.0. The molecule has 1 aliphatic carbocycles. The standard InChI is InChI=1S/C19H25ClFN3O3/c1-2-18(26)23-10-15(8-16(25)11-23)24(14-5-6-14)19(27)22-9-12-3-4-13(20)7-17(12)21/h3-4,7,14-16,25H,2,5-6,8-11H2,1H3,(H,22,27). The minimum atomic E-state index is -0.651. The molecule has 0 bridgehead atoms. The first kappa shape index (κ1) is 19.9. The van der Waals surface area contributed by atoms with Gasteiger partial charge in [0.2, 0.25) is 5.91 Å². The van der Waals surface area contributed by atoms with Gasteiger partial charge >= 0.3 is 6.03 Å². The maximum absolute atomic E-state index is 13.9. The molecule has 1 heterocycles. The summed E-state index contributed by atoms with van der Waals surface area (Å²) in [6, 6.07) is 3.91. The molecule has 1 saturated heterocycles. The maximum Gasteiger partial charge on any atom is 0.318 e. The lowest BCUT2D eigenvalue weighted by Crippen LogP contribution is -2.58. The fraction of sp³-hybridized carbons (Fsp3) is 0.579. The Hall–Kier alpha value is -1.86. The SMILES string of the molecule is CCC(=O)N1CC(O)CC(N(C(=O)NCc2ccc(Cl)cc2F)C2CC2)C1. The first-order valence-corrected chi connectivity index (χ1v) is 9.72. The molecule has 8 heteroatoms. The molecule has 0 aromatic heterocycles. The molecule has 2 atom stereocenters. The number of halogens is 2. The van der Waals surface area contributed by atoms with Crippen LogP contribution in [-0.2, 0) is 11.3 Å². The van der Waals surface area contributed by atoms with Crippen molar-refractivity contribution < 1.29 is 19.1 Å². The van der Waals surface area contributed by atoms with E-state index in [0.717, 1.165) is 12.8 Å². The van der Waals surface area contributed by atoms with Crippen LogP contribution in [0, 0.1) is 5.82 Å². The summed E-state index contributed by atoms with van der Waals surface area (Å²) in [5, 5.41) is 13.3. The van der Waals surface area contributed by atoms with Gasteiger partial charge in [-0.1, -0.05) is 24.6 Å². The number of urea groups is 1. The predicted octanol–water partition coefficient (Wildman–Crippen LogP) is 2.52. The van der Waals surface area contributed by atoms with Crippen molar-refractivity contribution in [1.29, 1.82) is 0 Å². The number of piperidine rings is 1. The highest BCUT2D eigenvalue weighted by atomic mass is 35.5. The van der Waals surface area contributed by atoms with E-state index in [0.29, 0.717) is 36.5 Å². The molecular formula is C19H25ClFN3O3. The molecule has 6 nitrogen and oxygen atoms in total. The van der Waals surface area contributed by atoms with Crippen molar-refractivity contribution in [3.8, 4) is 0 Å². The molecule has 1 aliphatic heterocycles. The van der Waals surface area contributed by atoms with E-state index in [2.05, 4.69) is 5.32 Å². The number of carbonyl (C=O) groups is 2. The van der Waals surface area contributed by atoms with Crippen molar-refractivity contribution in [3.05, 3.63) is 34.6 Å². The maximum atomic E-state index is 13.9. The summed E-state index contributed by atoms with van der Waals surface area (Å²) in [7, 11) is 0. The fourth-order valence-corrected chi connectivity index (χ4v) is 3.74. The van der Waals surface area contributed by atoms with Crippen molar-refractivity contribution >= 4 is 23.5 Å². The number of hydrogen-bond donors (Lipinski definition) is 2. The number of rotatable bonds is 5. The van der Waals surface area contributed by atoms with Gasteiger partial charge in [-0.2, -0.15) is 0 Å². The second-order valence-electron chi connectivity index (χ2n) is 7.23. The van der Waals surface area contributed by atoms with Crippen LogP contribution in [0.5, 0.6) is 0 Å². The summed E-state index contributed by atoms with van der Waals surface area (Å²) in [5.74, 6) is -0.494. The molecule has 27 heavy (non-hydrogen) atoms. The summed E-state index contributed by atoms with van der Waals surface area (Å²) in [5.41, 5.74) is 0.356. The molecule has 1 saturated carbocycles. The monoisotopic (exact) mass is 397 g/mol. The van der Waals surface area contributed by atoms with E-state index >= 15 is 0 Å². The van der Waals surface area contributed by atoms with Gasteiger partial charge in [-0.15, -0.1) is 0 Å². The molecule has 3 rings (SSSR count). The average Bonchev–Trinajstić information content (AvgIpc) is 3.45. The van der Waals surface area contributed by atoms with Crippen LogP contribution in [0.4, 0.5) is 9.18 Å². The topological polar surface area (TPSA) is 72.9 Å². The summed E-state index contributed by atoms with van der Waals surface area (Å²) < 4.78 is 13.9. The summed E-state index contributed by atoms with van der Waals surface area (Å²) in [6.45, 7) is 2.56. The lowest BCUT2D eigenvalue weighted by molar-refractivity contribution is -0.135. The van der Waals surface area contributed by atoms with Crippen LogP contribution in [-0.4, -0.2) is 58.1 Å². The van der Waals surface area contributed by atoms with Gasteiger partial charge in [-0.05, 0) is 31.4 Å². The number of aliphatic hydroxyl groups excluding tert-OH is 1. The van der Waals surface area contributed by atoms with Crippen LogP contribution >= 0.6 is 11.6 Å². The number of aliphatic hydroxyl groups is 1. The number of amides is 3. The lowest BCUT2D eigenvalue weighted by Gasteiger charge is -2.41. The quantitative estimate of drug-likeness (QED) is 0.801. The number of nitrogens with zero attached hydrogens (tertiary/aromatic N) is 2. The zero-order valence-electron chi connectivity index (χ0n) is 15.3. The highest BCUT2D eigenvalue weighted by Crippen LogP contribution is 2.31. The van der Waals surface area contributed by atoms with Crippen LogP contribution in [0.3, 0.4) is 0 Å². The van der Waals surface area contributed by atoms with Gasteiger partial charge in [-0.25, -0.2) is 9.18 Å². The molecule has 0 radical (unpaired) electrons. The number of benzene rings is 1. The van der Waals surface area contributed by atoms with Crippen molar-refractivity contribution in [2.75, 3.05) is 13.1 Å². The summed E-state index contributed by atoms with van der Waals surface area (Å²) in [6.07, 6.45) is 1.95. The summed E-state index contributed by atoms with van der Waals surface area (Å²) >= 11 is 5.75. The Balaban J connectivity index is 1.67. The zero-order valence-corrected chi connectivity index (χ0v) is 16.1. The Kier molecular flexibility index (Phi) is 6.22. The third-order valence-electron chi connectivity index (χ3n) is 5.07. The highest BCUT2D eigenvalue weighted by molar-refractivity contribution is 6.30. The smallest absolute Gasteiger partial charge is 0.318 e. The largest absolute Gasteiger partial charge is 0.391 e. The van der Waals surface area contributed by atoms with Crippen LogP contribution in [0.2, 0.25) is 5.02 Å². The second-order valence-corrected chi connectivity index (χ2v) is 7.66. The van der Waals surface area contributed by atoms with Gasteiger partial charge in [0.25, 0.3) is 0 Å². The third kappa shape index (κ3) is 4.90. The van der Waals surface area contributed by atoms with E-state index in [1.165, 1.54) is 6.07 Å². The number of likely N-dealkylation sites (tertiary alicyclic amines) is 1. The second kappa shape index (κ2) is 8.44. The van der Waals surface area contributed by atoms with E-state index in [-0.39, 0.29) is 30.6 Å². The first-order valence-electron chi connectivity index (χ1n) is 9.35. The van der Waals surface area contributed by atoms with E-state index in [1.807, 2.05) is 0 Å². The van der Waals surface area contributed by atoms with Gasteiger partial charge in [0.05, 0.1) is 12.1 Å². The third-order valence-corrected chi connectivity index (χ3v) is 5.31. The van der Waals surface area contributed by atoms with Gasteiger partial charge in [0, 0.05) is 42.7 Å². The minimum absolute atomic E-state index is 0.0295. The average molecular weight is 398 g/mol. The van der Waals surface area contributed by atoms with Crippen molar-refractivity contribution in [2.45, 2.75) is 57.3 Å². The van der Waals surface area contributed by atoms with E-state index in [4.69, 9.17) is 11.6 Å². The van der Waals surface area contributed by atoms with Crippen molar-refractivity contribution in [3.63, 3.8) is 0 Å². The molecule has 2 aliphatic rings. The molecule has 3 amide bonds. The van der Waals surface area contributed by atoms with Crippen molar-refractivity contribution in [1.82, 2.24) is 15.1 Å². The van der Waals surface area contributed by atoms with Gasteiger partial charge in [0.1, 0.15) is 5.82 Å². The molecule has 2 unspecified atom stereocenters. The Labute approximate surface area is 163 Å². The van der Waals surface area contributed by atoms with Crippen LogP contribution in [0.1, 0.15) is 38.2 Å². The Morgan fingerprint density at radius 3 is 2.70 bits per heavy atom. The van der Waals surface area contributed by atoms with Crippen LogP contribution in [0.15, 0.2) is 18.2 Å². The van der Waals surface area contributed by atoms with E-state index in [1.54, 1.807) is 28.9 Å². The predicted molar refractivity (Wildman–Crippen MR) is 99.8 cm³/mol. The molecule has 1 aromatic carbocycles. The molecular weight excluding hydrogens is 373 g/mol. The number of β-amino-alcohol motifs (C(OH)–C–C–N with tert-alkyl or cyclic N) is 1. The molecule has 0 spiro atoms. The number of nitrogens with one attached hydrogen (secondary N) is 1. The molecule has 2 N–H and O–H groups in total. The van der Waals surface area contributed by atoms with Crippen LogP contribution < -0.4 is 5.32 Å². The highest BCUT2D eigenvalue weighted by Gasteiger charge is 2.41. The first-order chi connectivity index (χ1) is 12.9. The Morgan fingerprint density at radius 1 is 1.33 bits per heavy atom. The van der Waals surface area contributed by atoms with Gasteiger partial charge in [0.15, 0.2) is 0 Å². The van der Waals surface area contributed by atoms with E-state index < -0.39 is 11.9 Å². The molecule has 2 fully saturated rings. The zero-order chi connectivity index (χ0) is 19.6. The fourth-order valence-electron chi connectivity index (χ4n) is 3.58. The summed E-state index contributed by atoms with van der Waals surface area (Å²) in [4.78, 5) is 28.2. The molecule has 1 aromatic rings. The van der Waals surface area contributed by atoms with Crippen molar-refractivity contribution in [2.24, 2.45) is 0 Å². The minimum Gasteiger partial charge on any atom is -0.391 e. The Bertz CT molecular complexity index is 713. The van der Waals surface area contributed by atoms with Gasteiger partial charge in [-0.3, -0.25) is 4.79 Å².